The van der Waals surface area contributed by atoms with Gasteiger partial charge in [0.05, 0.1) is 6.04 Å². The number of carbonyl (C=O) groups is 2. The van der Waals surface area contributed by atoms with Crippen molar-refractivity contribution in [1.29, 1.82) is 0 Å². The quantitative estimate of drug-likeness (QED) is 0.572. The summed E-state index contributed by atoms with van der Waals surface area (Å²) in [6.07, 6.45) is 2.75. The van der Waals surface area contributed by atoms with E-state index >= 15 is 0 Å². The Morgan fingerprint density at radius 3 is 3.00 bits per heavy atom. The zero-order chi connectivity index (χ0) is 8.27. The molecule has 0 fully saturated rings. The smallest absolute Gasteiger partial charge is 0.405 e. The molecule has 0 bridgehead atoms. The number of allylic oxidation sites excluding steroid dienone is 1. The highest BCUT2D eigenvalue weighted by Gasteiger charge is 2.16. The summed E-state index contributed by atoms with van der Waals surface area (Å²) in [5, 5.41) is 10.6. The van der Waals surface area contributed by atoms with Crippen LogP contribution in [-0.2, 0) is 4.79 Å². The van der Waals surface area contributed by atoms with Crippen molar-refractivity contribution in [2.75, 3.05) is 0 Å². The number of hydrogen-bond acceptors (Lipinski definition) is 2. The van der Waals surface area contributed by atoms with Crippen molar-refractivity contribution in [1.82, 2.24) is 5.32 Å². The van der Waals surface area contributed by atoms with Crippen LogP contribution in [0.2, 0.25) is 0 Å². The number of amides is 1. The van der Waals surface area contributed by atoms with Crippen molar-refractivity contribution in [2.24, 2.45) is 0 Å². The van der Waals surface area contributed by atoms with Crippen LogP contribution in [0.4, 0.5) is 4.79 Å². The van der Waals surface area contributed by atoms with Crippen LogP contribution in [-0.4, -0.2) is 23.5 Å². The van der Waals surface area contributed by atoms with E-state index in [9.17, 15) is 9.59 Å². The third-order valence-corrected chi connectivity index (χ3v) is 1.62. The van der Waals surface area contributed by atoms with E-state index in [4.69, 9.17) is 5.11 Å². The lowest BCUT2D eigenvalue weighted by Crippen LogP contribution is -2.30. The second-order valence-corrected chi connectivity index (χ2v) is 2.45. The molecule has 1 amide bonds. The fourth-order valence-electron chi connectivity index (χ4n) is 1.12. The average molecular weight is 155 g/mol. The Morgan fingerprint density at radius 1 is 1.82 bits per heavy atom. The van der Waals surface area contributed by atoms with Crippen molar-refractivity contribution in [3.8, 4) is 0 Å². The Hall–Kier alpha value is -1.32. The summed E-state index contributed by atoms with van der Waals surface area (Å²) < 4.78 is 0. The van der Waals surface area contributed by atoms with E-state index in [0.29, 0.717) is 18.4 Å². The van der Waals surface area contributed by atoms with E-state index in [1.54, 1.807) is 6.08 Å². The van der Waals surface area contributed by atoms with Crippen molar-refractivity contribution in [3.05, 3.63) is 11.6 Å². The van der Waals surface area contributed by atoms with Gasteiger partial charge in [-0.1, -0.05) is 6.08 Å². The molecule has 0 aliphatic heterocycles. The number of rotatable bonds is 2. The van der Waals surface area contributed by atoms with Crippen LogP contribution in [0, 0.1) is 0 Å². The van der Waals surface area contributed by atoms with Gasteiger partial charge in [0.15, 0.2) is 0 Å². The van der Waals surface area contributed by atoms with Crippen LogP contribution in [0.1, 0.15) is 12.8 Å². The lowest BCUT2D eigenvalue weighted by molar-refractivity contribution is -0.105. The summed E-state index contributed by atoms with van der Waals surface area (Å²) in [6.45, 7) is 0. The minimum atomic E-state index is -1.04. The van der Waals surface area contributed by atoms with Gasteiger partial charge >= 0.3 is 6.09 Å². The Bertz CT molecular complexity index is 210. The van der Waals surface area contributed by atoms with Gasteiger partial charge in [0.1, 0.15) is 6.29 Å². The Kier molecular flexibility index (Phi) is 2.25. The lowest BCUT2D eigenvalue weighted by atomic mass is 10.2. The fraction of sp³-hybridized carbons (Fsp3) is 0.429. The number of hydrogen-bond donors (Lipinski definition) is 2. The van der Waals surface area contributed by atoms with Gasteiger partial charge < -0.3 is 10.4 Å². The molecule has 0 aromatic rings. The predicted molar refractivity (Wildman–Crippen MR) is 38.3 cm³/mol. The van der Waals surface area contributed by atoms with Crippen molar-refractivity contribution in [2.45, 2.75) is 18.9 Å². The monoisotopic (exact) mass is 155 g/mol. The molecule has 1 aliphatic rings. The van der Waals surface area contributed by atoms with Crippen LogP contribution < -0.4 is 5.32 Å². The second-order valence-electron chi connectivity index (χ2n) is 2.45. The standard InChI is InChI=1S/C7H9NO3/c9-4-5-1-2-6(3-5)8-7(10)11/h3-4,6,8H,1-2H2,(H,10,11). The van der Waals surface area contributed by atoms with Gasteiger partial charge in [0, 0.05) is 0 Å². The molecule has 1 rings (SSSR count). The molecule has 4 nitrogen and oxygen atoms in total. The molecule has 0 aromatic heterocycles. The molecule has 60 valence electrons. The summed E-state index contributed by atoms with van der Waals surface area (Å²) in [5.41, 5.74) is 0.684. The van der Waals surface area contributed by atoms with Gasteiger partial charge in [-0.2, -0.15) is 0 Å². The predicted octanol–water partition coefficient (Wildman–Crippen LogP) is 0.542. The highest BCUT2D eigenvalue weighted by molar-refractivity contribution is 5.75. The fourth-order valence-corrected chi connectivity index (χ4v) is 1.12. The highest BCUT2D eigenvalue weighted by Crippen LogP contribution is 2.15. The zero-order valence-electron chi connectivity index (χ0n) is 5.91. The Morgan fingerprint density at radius 2 is 2.55 bits per heavy atom. The number of carboxylic acid groups (broad SMARTS) is 1. The molecule has 0 aromatic carbocycles. The molecular weight excluding hydrogens is 146 g/mol. The molecule has 1 unspecified atom stereocenters. The highest BCUT2D eigenvalue weighted by atomic mass is 16.4. The SMILES string of the molecule is O=CC1=CC(NC(=O)O)CC1. The van der Waals surface area contributed by atoms with Crippen molar-refractivity contribution < 1.29 is 14.7 Å². The molecule has 0 saturated heterocycles. The van der Waals surface area contributed by atoms with Crippen molar-refractivity contribution >= 4 is 12.4 Å². The van der Waals surface area contributed by atoms with Gasteiger partial charge in [0.25, 0.3) is 0 Å². The second kappa shape index (κ2) is 3.18. The van der Waals surface area contributed by atoms with E-state index in [1.165, 1.54) is 0 Å². The number of aldehydes is 1. The molecular formula is C7H9NO3. The van der Waals surface area contributed by atoms with E-state index in [2.05, 4.69) is 5.32 Å². The minimum Gasteiger partial charge on any atom is -0.465 e. The third kappa shape index (κ3) is 2.07. The third-order valence-electron chi connectivity index (χ3n) is 1.62. The number of carbonyl (C=O) groups excluding carboxylic acids is 1. The van der Waals surface area contributed by atoms with E-state index < -0.39 is 6.09 Å². The zero-order valence-corrected chi connectivity index (χ0v) is 5.91. The molecule has 0 radical (unpaired) electrons. The van der Waals surface area contributed by atoms with E-state index in [0.717, 1.165) is 6.29 Å². The summed E-state index contributed by atoms with van der Waals surface area (Å²) in [6, 6.07) is -0.173. The molecule has 1 atom stereocenters. The topological polar surface area (TPSA) is 66.4 Å². The van der Waals surface area contributed by atoms with Gasteiger partial charge in [-0.15, -0.1) is 0 Å². The van der Waals surface area contributed by atoms with Gasteiger partial charge in [-0.3, -0.25) is 4.79 Å². The first-order chi connectivity index (χ1) is 5.22. The summed E-state index contributed by atoms with van der Waals surface area (Å²) in [7, 11) is 0. The normalized spacial score (nSPS) is 22.5. The van der Waals surface area contributed by atoms with Gasteiger partial charge in [0.2, 0.25) is 0 Å². The van der Waals surface area contributed by atoms with Gasteiger partial charge in [-0.05, 0) is 18.4 Å². The lowest BCUT2D eigenvalue weighted by Gasteiger charge is -2.04. The van der Waals surface area contributed by atoms with E-state index in [1.807, 2.05) is 0 Å². The maximum Gasteiger partial charge on any atom is 0.405 e. The summed E-state index contributed by atoms with van der Waals surface area (Å²) >= 11 is 0. The molecule has 1 aliphatic carbocycles. The molecule has 11 heavy (non-hydrogen) atoms. The molecule has 0 heterocycles. The van der Waals surface area contributed by atoms with Gasteiger partial charge in [-0.25, -0.2) is 4.79 Å². The molecule has 0 saturated carbocycles. The Balaban J connectivity index is 2.46. The Labute approximate surface area is 63.9 Å². The summed E-state index contributed by atoms with van der Waals surface area (Å²) in [4.78, 5) is 20.3. The average Bonchev–Trinajstić information content (AvgIpc) is 2.34. The summed E-state index contributed by atoms with van der Waals surface area (Å²) in [5.74, 6) is 0. The first kappa shape index (κ1) is 7.78. The first-order valence-electron chi connectivity index (χ1n) is 3.37. The first-order valence-corrected chi connectivity index (χ1v) is 3.37. The van der Waals surface area contributed by atoms with Crippen LogP contribution in [0.5, 0.6) is 0 Å². The van der Waals surface area contributed by atoms with Crippen molar-refractivity contribution in [3.63, 3.8) is 0 Å². The van der Waals surface area contributed by atoms with E-state index in [-0.39, 0.29) is 6.04 Å². The van der Waals surface area contributed by atoms with Crippen LogP contribution in [0.15, 0.2) is 11.6 Å². The van der Waals surface area contributed by atoms with Crippen LogP contribution in [0.25, 0.3) is 0 Å². The maximum absolute atomic E-state index is 10.2. The van der Waals surface area contributed by atoms with Crippen LogP contribution in [0.3, 0.4) is 0 Å². The molecule has 0 spiro atoms. The molecule has 4 heteroatoms. The minimum absolute atomic E-state index is 0.173. The maximum atomic E-state index is 10.2. The molecule has 2 N–H and O–H groups in total. The largest absolute Gasteiger partial charge is 0.465 e. The van der Waals surface area contributed by atoms with Crippen LogP contribution >= 0.6 is 0 Å². The number of nitrogens with one attached hydrogen (secondary N) is 1.